The van der Waals surface area contributed by atoms with Gasteiger partial charge in [0.15, 0.2) is 0 Å². The first kappa shape index (κ1) is 21.6. The number of nitrogens with one attached hydrogen (secondary N) is 3. The zero-order chi connectivity index (χ0) is 23.6. The van der Waals surface area contributed by atoms with Crippen LogP contribution >= 0.6 is 0 Å². The van der Waals surface area contributed by atoms with Crippen molar-refractivity contribution in [1.29, 1.82) is 0 Å². The molecule has 2 atom stereocenters. The van der Waals surface area contributed by atoms with Crippen molar-refractivity contribution in [2.45, 2.75) is 38.2 Å². The Bertz CT molecular complexity index is 1490. The molecule has 7 nitrogen and oxygen atoms in total. The summed E-state index contributed by atoms with van der Waals surface area (Å²) in [5.74, 6) is 0.508. The number of benzene rings is 1. The summed E-state index contributed by atoms with van der Waals surface area (Å²) in [5.41, 5.74) is 7.53. The molecule has 4 aromatic heterocycles. The first-order valence-corrected chi connectivity index (χ1v) is 12.2. The molecule has 176 valence electrons. The van der Waals surface area contributed by atoms with E-state index in [4.69, 9.17) is 0 Å². The Labute approximate surface area is 203 Å². The van der Waals surface area contributed by atoms with E-state index in [1.54, 1.807) is 12.4 Å². The molecule has 4 heterocycles. The van der Waals surface area contributed by atoms with E-state index in [0.717, 1.165) is 70.3 Å². The molecule has 4 N–H and O–H groups in total. The van der Waals surface area contributed by atoms with Crippen LogP contribution in [0.5, 0.6) is 0 Å². The minimum absolute atomic E-state index is 0.315. The summed E-state index contributed by atoms with van der Waals surface area (Å²) in [5, 5.41) is 23.3. The van der Waals surface area contributed by atoms with E-state index in [9.17, 15) is 5.11 Å². The number of aliphatic hydroxyl groups is 1. The maximum absolute atomic E-state index is 10.6. The third-order valence-electron chi connectivity index (χ3n) is 6.94. The zero-order valence-corrected chi connectivity index (χ0v) is 19.4. The predicted octanol–water partition coefficient (Wildman–Crippen LogP) is 5.76. The largest absolute Gasteiger partial charge is 0.393 e. The van der Waals surface area contributed by atoms with Gasteiger partial charge < -0.3 is 15.4 Å². The number of rotatable bonds is 7. The molecule has 1 aliphatic carbocycles. The lowest BCUT2D eigenvalue weighted by atomic mass is 9.84. The van der Waals surface area contributed by atoms with Crippen LogP contribution in [-0.2, 0) is 6.42 Å². The molecule has 0 bridgehead atoms. The standard InChI is InChI=1S/C28H28N6O/c35-23(14-19-7-10-29-11-8-19)13-18-1-3-20(4-2-18)27-16-24-26(9-12-30-28(24)33-27)32-22-5-6-25-21(15-22)17-31-34-25/h3,5-12,15-18,23,35H,1-2,4,13-14H2,(H,31,34)(H2,30,32,33). The summed E-state index contributed by atoms with van der Waals surface area (Å²) in [7, 11) is 0. The molecule has 7 heteroatoms. The van der Waals surface area contributed by atoms with Gasteiger partial charge in [0.1, 0.15) is 5.65 Å². The van der Waals surface area contributed by atoms with Crippen molar-refractivity contribution in [3.63, 3.8) is 0 Å². The molecule has 0 spiro atoms. The third-order valence-corrected chi connectivity index (χ3v) is 6.94. The third kappa shape index (κ3) is 4.68. The molecular weight excluding hydrogens is 436 g/mol. The summed E-state index contributed by atoms with van der Waals surface area (Å²) in [6.45, 7) is 0. The second kappa shape index (κ2) is 9.35. The van der Waals surface area contributed by atoms with Gasteiger partial charge in [-0.25, -0.2) is 4.98 Å². The Hall–Kier alpha value is -3.97. The van der Waals surface area contributed by atoms with Crippen LogP contribution in [0.4, 0.5) is 11.4 Å². The van der Waals surface area contributed by atoms with Crippen molar-refractivity contribution >= 4 is 38.9 Å². The molecular formula is C28H28N6O. The summed E-state index contributed by atoms with van der Waals surface area (Å²) in [6, 6.07) is 14.3. The van der Waals surface area contributed by atoms with Crippen LogP contribution in [-0.4, -0.2) is 36.4 Å². The fraction of sp³-hybridized carbons (Fsp3) is 0.250. The van der Waals surface area contributed by atoms with E-state index in [-0.39, 0.29) is 6.10 Å². The minimum Gasteiger partial charge on any atom is -0.393 e. The highest BCUT2D eigenvalue weighted by molar-refractivity contribution is 5.95. The number of hydrogen-bond acceptors (Lipinski definition) is 5. The molecule has 0 saturated heterocycles. The van der Waals surface area contributed by atoms with Crippen LogP contribution in [0.15, 0.2) is 73.3 Å². The van der Waals surface area contributed by atoms with Crippen molar-refractivity contribution in [3.05, 3.63) is 84.6 Å². The number of aromatic nitrogens is 5. The number of anilines is 2. The minimum atomic E-state index is -0.315. The number of nitrogens with zero attached hydrogens (tertiary/aromatic N) is 3. The number of H-pyrrole nitrogens is 2. The molecule has 6 rings (SSSR count). The lowest BCUT2D eigenvalue weighted by molar-refractivity contribution is 0.139. The molecule has 0 aliphatic heterocycles. The van der Waals surface area contributed by atoms with Crippen molar-refractivity contribution in [1.82, 2.24) is 25.1 Å². The van der Waals surface area contributed by atoms with Gasteiger partial charge in [-0.05, 0) is 91.6 Å². The van der Waals surface area contributed by atoms with E-state index >= 15 is 0 Å². The number of pyridine rings is 2. The lowest BCUT2D eigenvalue weighted by Gasteiger charge is -2.24. The monoisotopic (exact) mass is 464 g/mol. The lowest BCUT2D eigenvalue weighted by Crippen LogP contribution is -2.17. The number of aromatic amines is 2. The first-order valence-electron chi connectivity index (χ1n) is 12.2. The van der Waals surface area contributed by atoms with Gasteiger partial charge in [0, 0.05) is 40.7 Å². The molecule has 5 aromatic rings. The molecule has 0 amide bonds. The van der Waals surface area contributed by atoms with Gasteiger partial charge in [-0.15, -0.1) is 0 Å². The van der Waals surface area contributed by atoms with E-state index in [1.807, 2.05) is 42.7 Å². The highest BCUT2D eigenvalue weighted by atomic mass is 16.3. The molecule has 2 unspecified atom stereocenters. The average molecular weight is 465 g/mol. The van der Waals surface area contributed by atoms with E-state index in [0.29, 0.717) is 12.3 Å². The SMILES string of the molecule is OC(Cc1ccncc1)CC1CC=C(c2cc3c(Nc4ccc5[nH]ncc5c4)ccnc3[nH]2)CC1. The van der Waals surface area contributed by atoms with Gasteiger partial charge in [0.2, 0.25) is 0 Å². The van der Waals surface area contributed by atoms with E-state index in [2.05, 4.69) is 48.7 Å². The molecule has 0 fully saturated rings. The summed E-state index contributed by atoms with van der Waals surface area (Å²) in [4.78, 5) is 12.1. The van der Waals surface area contributed by atoms with Crippen LogP contribution < -0.4 is 5.32 Å². The fourth-order valence-corrected chi connectivity index (χ4v) is 5.09. The summed E-state index contributed by atoms with van der Waals surface area (Å²) < 4.78 is 0. The Balaban J connectivity index is 1.15. The Morgan fingerprint density at radius 3 is 2.86 bits per heavy atom. The van der Waals surface area contributed by atoms with Gasteiger partial charge in [0.05, 0.1) is 23.5 Å². The average Bonchev–Trinajstić information content (AvgIpc) is 3.52. The van der Waals surface area contributed by atoms with E-state index in [1.165, 1.54) is 5.57 Å². The summed E-state index contributed by atoms with van der Waals surface area (Å²) >= 11 is 0. The Morgan fingerprint density at radius 2 is 2.00 bits per heavy atom. The molecule has 0 saturated carbocycles. The van der Waals surface area contributed by atoms with Crippen LogP contribution in [0.25, 0.3) is 27.5 Å². The van der Waals surface area contributed by atoms with Crippen molar-refractivity contribution in [3.8, 4) is 0 Å². The van der Waals surface area contributed by atoms with Crippen LogP contribution in [0.3, 0.4) is 0 Å². The van der Waals surface area contributed by atoms with Crippen LogP contribution in [0, 0.1) is 5.92 Å². The van der Waals surface area contributed by atoms with Crippen LogP contribution in [0.1, 0.15) is 36.9 Å². The van der Waals surface area contributed by atoms with Gasteiger partial charge in [0.25, 0.3) is 0 Å². The number of allylic oxidation sites excluding steroid dienone is 2. The fourth-order valence-electron chi connectivity index (χ4n) is 5.09. The number of hydrogen-bond donors (Lipinski definition) is 4. The topological polar surface area (TPSA) is 103 Å². The summed E-state index contributed by atoms with van der Waals surface area (Å²) in [6.07, 6.45) is 13.8. The van der Waals surface area contributed by atoms with Crippen molar-refractivity contribution < 1.29 is 5.11 Å². The first-order chi connectivity index (χ1) is 17.2. The molecule has 0 radical (unpaired) electrons. The van der Waals surface area contributed by atoms with Gasteiger partial charge in [-0.2, -0.15) is 5.10 Å². The van der Waals surface area contributed by atoms with Gasteiger partial charge >= 0.3 is 0 Å². The number of fused-ring (bicyclic) bond motifs is 2. The normalized spacial score (nSPS) is 16.9. The maximum atomic E-state index is 10.6. The second-order valence-electron chi connectivity index (χ2n) is 9.42. The van der Waals surface area contributed by atoms with Crippen molar-refractivity contribution in [2.24, 2.45) is 5.92 Å². The van der Waals surface area contributed by atoms with Crippen molar-refractivity contribution in [2.75, 3.05) is 5.32 Å². The second-order valence-corrected chi connectivity index (χ2v) is 9.42. The zero-order valence-electron chi connectivity index (χ0n) is 19.4. The predicted molar refractivity (Wildman–Crippen MR) is 139 cm³/mol. The maximum Gasteiger partial charge on any atom is 0.139 e. The van der Waals surface area contributed by atoms with Gasteiger partial charge in [-0.1, -0.05) is 6.08 Å². The highest BCUT2D eigenvalue weighted by Crippen LogP contribution is 2.35. The molecule has 1 aromatic carbocycles. The smallest absolute Gasteiger partial charge is 0.139 e. The Kier molecular flexibility index (Phi) is 5.76. The highest BCUT2D eigenvalue weighted by Gasteiger charge is 2.20. The quantitative estimate of drug-likeness (QED) is 0.245. The Morgan fingerprint density at radius 1 is 1.09 bits per heavy atom. The molecule has 1 aliphatic rings. The molecule has 35 heavy (non-hydrogen) atoms. The van der Waals surface area contributed by atoms with Crippen LogP contribution in [0.2, 0.25) is 0 Å². The van der Waals surface area contributed by atoms with E-state index < -0.39 is 0 Å². The van der Waals surface area contributed by atoms with Gasteiger partial charge in [-0.3, -0.25) is 10.1 Å². The number of aliphatic hydroxyl groups excluding tert-OH is 1.